The molecule has 0 aromatic carbocycles. The third-order valence-corrected chi connectivity index (χ3v) is 3.08. The van der Waals surface area contributed by atoms with E-state index in [9.17, 15) is 9.59 Å². The molecule has 0 rings (SSSR count). The van der Waals surface area contributed by atoms with Crippen LogP contribution in [0.25, 0.3) is 0 Å². The van der Waals surface area contributed by atoms with Gasteiger partial charge in [0.25, 0.3) is 0 Å². The summed E-state index contributed by atoms with van der Waals surface area (Å²) < 4.78 is 0. The summed E-state index contributed by atoms with van der Waals surface area (Å²) in [5, 5.41) is 11.8. The zero-order chi connectivity index (χ0) is 14.1. The van der Waals surface area contributed by atoms with Gasteiger partial charge in [-0.3, -0.25) is 9.59 Å². The number of aliphatic carboxylic acids is 1. The molecule has 0 fully saturated rings. The molecule has 5 heteroatoms. The van der Waals surface area contributed by atoms with Gasteiger partial charge >= 0.3 is 5.97 Å². The Morgan fingerprint density at radius 2 is 1.94 bits per heavy atom. The highest BCUT2D eigenvalue weighted by molar-refractivity contribution is 5.79. The van der Waals surface area contributed by atoms with Gasteiger partial charge in [0.1, 0.15) is 0 Å². The van der Waals surface area contributed by atoms with Crippen molar-refractivity contribution in [3.8, 4) is 0 Å². The van der Waals surface area contributed by atoms with Crippen LogP contribution in [0.5, 0.6) is 0 Å². The lowest BCUT2D eigenvalue weighted by Gasteiger charge is -2.16. The molecule has 0 aromatic heterocycles. The number of amides is 1. The van der Waals surface area contributed by atoms with Crippen molar-refractivity contribution in [2.75, 3.05) is 27.2 Å². The van der Waals surface area contributed by atoms with Crippen molar-refractivity contribution in [3.05, 3.63) is 0 Å². The van der Waals surface area contributed by atoms with Gasteiger partial charge < -0.3 is 15.3 Å². The molecule has 2 unspecified atom stereocenters. The zero-order valence-electron chi connectivity index (χ0n) is 12.0. The number of nitrogens with one attached hydrogen (secondary N) is 2. The van der Waals surface area contributed by atoms with Crippen LogP contribution in [0.2, 0.25) is 0 Å². The van der Waals surface area contributed by atoms with Gasteiger partial charge in [0.15, 0.2) is 0 Å². The van der Waals surface area contributed by atoms with Crippen LogP contribution >= 0.6 is 0 Å². The summed E-state index contributed by atoms with van der Waals surface area (Å²) in [7, 11) is 4.15. The molecule has 0 saturated heterocycles. The van der Waals surface area contributed by atoms with Crippen LogP contribution in [0.15, 0.2) is 0 Å². The minimum Gasteiger partial charge on any atom is -0.481 e. The summed E-state index contributed by atoms with van der Waals surface area (Å²) in [5.41, 5.74) is 0. The van der Waals surface area contributed by atoms with Crippen molar-refractivity contribution in [1.82, 2.24) is 5.32 Å². The molecular formula is C13H27N2O3+. The van der Waals surface area contributed by atoms with Gasteiger partial charge in [0.2, 0.25) is 5.91 Å². The highest BCUT2D eigenvalue weighted by Gasteiger charge is 2.22. The third kappa shape index (κ3) is 7.27. The van der Waals surface area contributed by atoms with Crippen LogP contribution in [-0.2, 0) is 9.59 Å². The van der Waals surface area contributed by atoms with Crippen molar-refractivity contribution in [2.24, 2.45) is 11.8 Å². The van der Waals surface area contributed by atoms with Gasteiger partial charge in [0.05, 0.1) is 26.6 Å². The Labute approximate surface area is 110 Å². The second-order valence-corrected chi connectivity index (χ2v) is 5.18. The number of carbonyl (C=O) groups excluding carboxylic acids is 1. The maximum Gasteiger partial charge on any atom is 0.306 e. The lowest BCUT2D eigenvalue weighted by molar-refractivity contribution is -0.858. The molecule has 0 aliphatic carbocycles. The Morgan fingerprint density at radius 1 is 1.33 bits per heavy atom. The van der Waals surface area contributed by atoms with Gasteiger partial charge in [-0.2, -0.15) is 0 Å². The first-order chi connectivity index (χ1) is 8.38. The Bertz CT molecular complexity index is 267. The Balaban J connectivity index is 3.92. The van der Waals surface area contributed by atoms with Crippen LogP contribution in [0.3, 0.4) is 0 Å². The summed E-state index contributed by atoms with van der Waals surface area (Å²) in [6.45, 7) is 5.31. The van der Waals surface area contributed by atoms with E-state index in [0.717, 1.165) is 13.0 Å². The number of quaternary nitrogens is 1. The van der Waals surface area contributed by atoms with Crippen LogP contribution in [0, 0.1) is 11.8 Å². The quantitative estimate of drug-likeness (QED) is 0.501. The maximum absolute atomic E-state index is 11.8. The average molecular weight is 259 g/mol. The van der Waals surface area contributed by atoms with E-state index in [0.29, 0.717) is 19.4 Å². The van der Waals surface area contributed by atoms with Gasteiger partial charge in [-0.25, -0.2) is 0 Å². The predicted molar refractivity (Wildman–Crippen MR) is 70.5 cm³/mol. The van der Waals surface area contributed by atoms with Crippen molar-refractivity contribution < 1.29 is 19.6 Å². The van der Waals surface area contributed by atoms with Crippen LogP contribution in [0.1, 0.15) is 33.1 Å². The molecule has 0 spiro atoms. The summed E-state index contributed by atoms with van der Waals surface area (Å²) in [4.78, 5) is 24.0. The largest absolute Gasteiger partial charge is 0.481 e. The summed E-state index contributed by atoms with van der Waals surface area (Å²) >= 11 is 0. The third-order valence-electron chi connectivity index (χ3n) is 3.08. The topological polar surface area (TPSA) is 70.8 Å². The molecule has 5 nitrogen and oxygen atoms in total. The van der Waals surface area contributed by atoms with Crippen molar-refractivity contribution >= 4 is 11.9 Å². The average Bonchev–Trinajstić information content (AvgIpc) is 2.30. The zero-order valence-corrected chi connectivity index (χ0v) is 12.0. The minimum absolute atomic E-state index is 0.0385. The van der Waals surface area contributed by atoms with Gasteiger partial charge in [-0.05, 0) is 12.8 Å². The van der Waals surface area contributed by atoms with Crippen molar-refractivity contribution in [2.45, 2.75) is 33.1 Å². The highest BCUT2D eigenvalue weighted by Crippen LogP contribution is 2.15. The first-order valence-electron chi connectivity index (χ1n) is 6.68. The highest BCUT2D eigenvalue weighted by atomic mass is 16.4. The number of hydrogen-bond donors (Lipinski definition) is 3. The molecule has 0 radical (unpaired) electrons. The first-order valence-corrected chi connectivity index (χ1v) is 6.68. The number of carboxylic acid groups (broad SMARTS) is 1. The van der Waals surface area contributed by atoms with Crippen molar-refractivity contribution in [3.63, 3.8) is 0 Å². The Hall–Kier alpha value is -1.10. The SMILES string of the molecule is CCC(CC(C)C(=O)NCCC[NH+](C)C)C(=O)O. The van der Waals surface area contributed by atoms with E-state index < -0.39 is 11.9 Å². The number of rotatable bonds is 9. The predicted octanol–water partition coefficient (Wildman–Crippen LogP) is -0.226. The normalized spacial score (nSPS) is 14.3. The Kier molecular flexibility index (Phi) is 8.37. The van der Waals surface area contributed by atoms with E-state index in [1.165, 1.54) is 4.90 Å². The second-order valence-electron chi connectivity index (χ2n) is 5.18. The first kappa shape index (κ1) is 16.9. The van der Waals surface area contributed by atoms with E-state index >= 15 is 0 Å². The molecule has 0 aliphatic heterocycles. The smallest absolute Gasteiger partial charge is 0.306 e. The number of carbonyl (C=O) groups is 2. The maximum atomic E-state index is 11.8. The van der Waals surface area contributed by atoms with Crippen LogP contribution in [0.4, 0.5) is 0 Å². The molecule has 0 bridgehead atoms. The minimum atomic E-state index is -0.812. The molecule has 18 heavy (non-hydrogen) atoms. The number of hydrogen-bond acceptors (Lipinski definition) is 2. The fourth-order valence-corrected chi connectivity index (χ4v) is 1.80. The van der Waals surface area contributed by atoms with E-state index in [2.05, 4.69) is 19.4 Å². The number of carboxylic acids is 1. The molecule has 0 heterocycles. The fourth-order valence-electron chi connectivity index (χ4n) is 1.80. The van der Waals surface area contributed by atoms with Gasteiger partial charge in [-0.1, -0.05) is 13.8 Å². The van der Waals surface area contributed by atoms with Crippen molar-refractivity contribution in [1.29, 1.82) is 0 Å². The molecule has 0 aromatic rings. The Morgan fingerprint density at radius 3 is 2.39 bits per heavy atom. The van der Waals surface area contributed by atoms with E-state index in [4.69, 9.17) is 5.11 Å². The molecule has 1 amide bonds. The molecular weight excluding hydrogens is 232 g/mol. The van der Waals surface area contributed by atoms with Gasteiger partial charge in [-0.15, -0.1) is 0 Å². The monoisotopic (exact) mass is 259 g/mol. The fraction of sp³-hybridized carbons (Fsp3) is 0.846. The molecule has 106 valence electrons. The second kappa shape index (κ2) is 8.91. The summed E-state index contributed by atoms with van der Waals surface area (Å²) in [6.07, 6.45) is 1.92. The lowest BCUT2D eigenvalue weighted by Crippen LogP contribution is -3.05. The standard InChI is InChI=1S/C13H26N2O3/c1-5-11(13(17)18)9-10(2)12(16)14-7-6-8-15(3)4/h10-11H,5-9H2,1-4H3,(H,14,16)(H,17,18)/p+1. The summed E-state index contributed by atoms with van der Waals surface area (Å²) in [5.74, 6) is -1.51. The van der Waals surface area contributed by atoms with Gasteiger partial charge in [0, 0.05) is 18.9 Å². The van der Waals surface area contributed by atoms with Crippen LogP contribution in [-0.4, -0.2) is 44.2 Å². The van der Waals surface area contributed by atoms with E-state index in [-0.39, 0.29) is 11.8 Å². The summed E-state index contributed by atoms with van der Waals surface area (Å²) in [6, 6.07) is 0. The lowest BCUT2D eigenvalue weighted by atomic mass is 9.93. The molecule has 3 N–H and O–H groups in total. The molecule has 0 aliphatic rings. The molecule has 2 atom stereocenters. The van der Waals surface area contributed by atoms with Crippen LogP contribution < -0.4 is 10.2 Å². The van der Waals surface area contributed by atoms with E-state index in [1.807, 2.05) is 6.92 Å². The van der Waals surface area contributed by atoms with E-state index in [1.54, 1.807) is 6.92 Å². The molecule has 0 saturated carbocycles.